The molecule has 1 saturated carbocycles. The Balaban J connectivity index is 2.22. The van der Waals surface area contributed by atoms with Gasteiger partial charge >= 0.3 is 0 Å². The number of anilines is 1. The van der Waals surface area contributed by atoms with E-state index in [1.165, 1.54) is 25.7 Å². The van der Waals surface area contributed by atoms with Gasteiger partial charge in [0.05, 0.1) is 0 Å². The number of rotatable bonds is 5. The second kappa shape index (κ2) is 5.86. The van der Waals surface area contributed by atoms with E-state index in [1.54, 1.807) is 6.20 Å². The number of hydrogen-bond donors (Lipinski definition) is 3. The molecule has 1 atom stereocenters. The smallest absolute Gasteiger partial charge is 0.126 e. The van der Waals surface area contributed by atoms with Crippen LogP contribution in [0.3, 0.4) is 0 Å². The molecule has 0 amide bonds. The van der Waals surface area contributed by atoms with Crippen LogP contribution in [-0.4, -0.2) is 35.6 Å². The van der Waals surface area contributed by atoms with E-state index in [-0.39, 0.29) is 11.6 Å². The predicted octanol–water partition coefficient (Wildman–Crippen LogP) is 0.913. The van der Waals surface area contributed by atoms with Gasteiger partial charge in [0.15, 0.2) is 0 Å². The molecule has 1 fully saturated rings. The van der Waals surface area contributed by atoms with Gasteiger partial charge in [0.25, 0.3) is 0 Å². The molecule has 0 radical (unpaired) electrons. The van der Waals surface area contributed by atoms with E-state index in [4.69, 9.17) is 11.6 Å². The Morgan fingerprint density at radius 2 is 2.11 bits per heavy atom. The highest BCUT2D eigenvalue weighted by Crippen LogP contribution is 2.37. The SMILES string of the molecule is CN(C)C1(C(Cc2cccnc2N)NN)CCCC1. The summed E-state index contributed by atoms with van der Waals surface area (Å²) in [6.45, 7) is 0. The lowest BCUT2D eigenvalue weighted by atomic mass is 9.83. The summed E-state index contributed by atoms with van der Waals surface area (Å²) >= 11 is 0. The Kier molecular flexibility index (Phi) is 4.39. The molecule has 1 unspecified atom stereocenters. The zero-order valence-corrected chi connectivity index (χ0v) is 11.9. The van der Waals surface area contributed by atoms with Crippen molar-refractivity contribution < 1.29 is 0 Å². The fourth-order valence-corrected chi connectivity index (χ4v) is 3.34. The number of hydrazine groups is 1. The van der Waals surface area contributed by atoms with Gasteiger partial charge in [0, 0.05) is 17.8 Å². The van der Waals surface area contributed by atoms with Crippen molar-refractivity contribution in [2.45, 2.75) is 43.7 Å². The average Bonchev–Trinajstić information content (AvgIpc) is 2.88. The van der Waals surface area contributed by atoms with Crippen LogP contribution in [0, 0.1) is 0 Å². The van der Waals surface area contributed by atoms with Gasteiger partial charge in [-0.25, -0.2) is 4.98 Å². The minimum Gasteiger partial charge on any atom is -0.383 e. The first kappa shape index (κ1) is 14.2. The van der Waals surface area contributed by atoms with E-state index in [0.717, 1.165) is 12.0 Å². The topological polar surface area (TPSA) is 80.2 Å². The third-order valence-corrected chi connectivity index (χ3v) is 4.56. The molecular formula is C14H25N5. The number of aromatic nitrogens is 1. The Morgan fingerprint density at radius 3 is 2.63 bits per heavy atom. The van der Waals surface area contributed by atoms with Gasteiger partial charge in [-0.1, -0.05) is 18.9 Å². The van der Waals surface area contributed by atoms with Crippen LogP contribution in [0.1, 0.15) is 31.2 Å². The molecule has 1 aliphatic rings. The number of nitrogen functional groups attached to an aromatic ring is 1. The van der Waals surface area contributed by atoms with Crippen molar-refractivity contribution in [2.75, 3.05) is 19.8 Å². The minimum atomic E-state index is 0.122. The number of nitrogens with one attached hydrogen (secondary N) is 1. The molecule has 5 heteroatoms. The summed E-state index contributed by atoms with van der Waals surface area (Å²) < 4.78 is 0. The molecule has 0 saturated heterocycles. The summed E-state index contributed by atoms with van der Waals surface area (Å²) in [6.07, 6.45) is 7.41. The molecule has 5 nitrogen and oxygen atoms in total. The molecule has 0 aliphatic heterocycles. The van der Waals surface area contributed by atoms with Crippen molar-refractivity contribution in [3.8, 4) is 0 Å². The van der Waals surface area contributed by atoms with Crippen LogP contribution >= 0.6 is 0 Å². The van der Waals surface area contributed by atoms with Crippen LogP contribution in [0.5, 0.6) is 0 Å². The van der Waals surface area contributed by atoms with E-state index in [0.29, 0.717) is 5.82 Å². The van der Waals surface area contributed by atoms with Crippen molar-refractivity contribution in [1.82, 2.24) is 15.3 Å². The largest absolute Gasteiger partial charge is 0.383 e. The second-order valence-corrected chi connectivity index (χ2v) is 5.68. The normalized spacial score (nSPS) is 19.8. The lowest BCUT2D eigenvalue weighted by molar-refractivity contribution is 0.104. The lowest BCUT2D eigenvalue weighted by Crippen LogP contribution is -2.60. The van der Waals surface area contributed by atoms with E-state index in [2.05, 4.69) is 29.4 Å². The highest BCUT2D eigenvalue weighted by atomic mass is 15.3. The second-order valence-electron chi connectivity index (χ2n) is 5.68. The van der Waals surface area contributed by atoms with Crippen LogP contribution in [-0.2, 0) is 6.42 Å². The zero-order valence-electron chi connectivity index (χ0n) is 11.9. The lowest BCUT2D eigenvalue weighted by Gasteiger charge is -2.43. The van der Waals surface area contributed by atoms with Crippen LogP contribution in [0.25, 0.3) is 0 Å². The van der Waals surface area contributed by atoms with E-state index < -0.39 is 0 Å². The van der Waals surface area contributed by atoms with Crippen molar-refractivity contribution in [3.63, 3.8) is 0 Å². The van der Waals surface area contributed by atoms with Crippen molar-refractivity contribution >= 4 is 5.82 Å². The maximum Gasteiger partial charge on any atom is 0.126 e. The number of pyridine rings is 1. The van der Waals surface area contributed by atoms with Crippen LogP contribution in [0.4, 0.5) is 5.82 Å². The Bertz CT molecular complexity index is 412. The van der Waals surface area contributed by atoms with Crippen LogP contribution < -0.4 is 17.0 Å². The quantitative estimate of drug-likeness (QED) is 0.543. The van der Waals surface area contributed by atoms with Crippen molar-refractivity contribution in [1.29, 1.82) is 0 Å². The number of likely N-dealkylation sites (N-methyl/N-ethyl adjacent to an activating group) is 1. The first-order valence-corrected chi connectivity index (χ1v) is 6.93. The number of hydrogen-bond acceptors (Lipinski definition) is 5. The molecule has 106 valence electrons. The van der Waals surface area contributed by atoms with Gasteiger partial charge in [0.2, 0.25) is 0 Å². The van der Waals surface area contributed by atoms with Gasteiger partial charge in [-0.15, -0.1) is 0 Å². The fraction of sp³-hybridized carbons (Fsp3) is 0.643. The first-order valence-electron chi connectivity index (χ1n) is 6.93. The molecule has 19 heavy (non-hydrogen) atoms. The third kappa shape index (κ3) is 2.73. The maximum absolute atomic E-state index is 5.95. The molecule has 1 heterocycles. The Hall–Kier alpha value is -1.17. The zero-order chi connectivity index (χ0) is 13.9. The van der Waals surface area contributed by atoms with E-state index >= 15 is 0 Å². The number of nitrogens with two attached hydrogens (primary N) is 2. The van der Waals surface area contributed by atoms with Gasteiger partial charge < -0.3 is 10.6 Å². The summed E-state index contributed by atoms with van der Waals surface area (Å²) in [7, 11) is 4.28. The van der Waals surface area contributed by atoms with Crippen LogP contribution in [0.15, 0.2) is 18.3 Å². The van der Waals surface area contributed by atoms with Gasteiger partial charge in [-0.05, 0) is 45.0 Å². The molecule has 1 aliphatic carbocycles. The highest BCUT2D eigenvalue weighted by Gasteiger charge is 2.42. The minimum absolute atomic E-state index is 0.122. The summed E-state index contributed by atoms with van der Waals surface area (Å²) in [6, 6.07) is 4.15. The van der Waals surface area contributed by atoms with Gasteiger partial charge in [-0.3, -0.25) is 11.3 Å². The summed E-state index contributed by atoms with van der Waals surface area (Å²) in [5.74, 6) is 6.44. The first-order chi connectivity index (χ1) is 9.10. The molecule has 0 bridgehead atoms. The van der Waals surface area contributed by atoms with Gasteiger partial charge in [-0.2, -0.15) is 0 Å². The molecule has 2 rings (SSSR count). The van der Waals surface area contributed by atoms with E-state index in [1.807, 2.05) is 12.1 Å². The van der Waals surface area contributed by atoms with Crippen molar-refractivity contribution in [2.24, 2.45) is 5.84 Å². The molecule has 1 aromatic heterocycles. The Morgan fingerprint density at radius 1 is 1.42 bits per heavy atom. The monoisotopic (exact) mass is 263 g/mol. The number of nitrogens with zero attached hydrogens (tertiary/aromatic N) is 2. The molecule has 0 aromatic carbocycles. The summed E-state index contributed by atoms with van der Waals surface area (Å²) in [5.41, 5.74) is 10.2. The fourth-order valence-electron chi connectivity index (χ4n) is 3.34. The van der Waals surface area contributed by atoms with Gasteiger partial charge in [0.1, 0.15) is 5.82 Å². The molecule has 1 aromatic rings. The molecular weight excluding hydrogens is 238 g/mol. The summed E-state index contributed by atoms with van der Waals surface area (Å²) in [4.78, 5) is 6.47. The molecule has 5 N–H and O–H groups in total. The standard InChI is InChI=1S/C14H25N5/c1-19(2)14(7-3-4-8-14)12(18-16)10-11-6-5-9-17-13(11)15/h5-6,9,12,18H,3-4,7-8,10,16H2,1-2H3,(H2,15,17). The van der Waals surface area contributed by atoms with Crippen LogP contribution in [0.2, 0.25) is 0 Å². The van der Waals surface area contributed by atoms with Crippen molar-refractivity contribution in [3.05, 3.63) is 23.9 Å². The summed E-state index contributed by atoms with van der Waals surface area (Å²) in [5, 5.41) is 0. The Labute approximate surface area is 115 Å². The highest BCUT2D eigenvalue weighted by molar-refractivity contribution is 5.39. The van der Waals surface area contributed by atoms with E-state index in [9.17, 15) is 0 Å². The third-order valence-electron chi connectivity index (χ3n) is 4.56. The average molecular weight is 263 g/mol. The predicted molar refractivity (Wildman–Crippen MR) is 78.4 cm³/mol. The molecule has 0 spiro atoms. The maximum atomic E-state index is 5.95.